The molecule has 0 heterocycles. The molecule has 0 aromatic heterocycles. The van der Waals surface area contributed by atoms with Gasteiger partial charge in [-0.25, -0.2) is 14.0 Å². The molecule has 0 aliphatic heterocycles. The lowest BCUT2D eigenvalue weighted by Crippen LogP contribution is -2.08. The third kappa shape index (κ3) is 7.28. The highest BCUT2D eigenvalue weighted by Gasteiger charge is 2.14. The quantitative estimate of drug-likeness (QED) is 0.165. The van der Waals surface area contributed by atoms with Crippen LogP contribution in [0.2, 0.25) is 0 Å². The second-order valence-corrected chi connectivity index (χ2v) is 7.44. The molecule has 0 atom stereocenters. The lowest BCUT2D eigenvalue weighted by molar-refractivity contribution is -0.135. The molecule has 2 rings (SSSR count). The number of hydrogen-bond donors (Lipinski definition) is 0. The van der Waals surface area contributed by atoms with E-state index in [4.69, 9.17) is 14.2 Å². The van der Waals surface area contributed by atoms with Crippen LogP contribution in [0.4, 0.5) is 4.39 Å². The highest BCUT2D eigenvalue weighted by Crippen LogP contribution is 2.23. The van der Waals surface area contributed by atoms with Gasteiger partial charge in [0.05, 0.1) is 0 Å². The van der Waals surface area contributed by atoms with Crippen molar-refractivity contribution in [3.05, 3.63) is 95.2 Å². The first-order valence-corrected chi connectivity index (χ1v) is 10.00. The van der Waals surface area contributed by atoms with Crippen LogP contribution in [0.5, 0.6) is 11.5 Å². The average Bonchev–Trinajstić information content (AvgIpc) is 2.75. The van der Waals surface area contributed by atoms with E-state index in [0.717, 1.165) is 6.07 Å². The largest absolute Gasteiger partial charge is 0.455 e. The van der Waals surface area contributed by atoms with Crippen molar-refractivity contribution in [3.8, 4) is 11.5 Å². The topological polar surface area (TPSA) is 78.9 Å². The van der Waals surface area contributed by atoms with E-state index >= 15 is 0 Å². The Morgan fingerprint density at radius 1 is 0.818 bits per heavy atom. The van der Waals surface area contributed by atoms with Crippen molar-refractivity contribution >= 4 is 17.7 Å². The Hall–Kier alpha value is -4.00. The summed E-state index contributed by atoms with van der Waals surface area (Å²) in [6, 6.07) is 10.3. The molecule has 2 aromatic carbocycles. The smallest absolute Gasteiger partial charge is 0.338 e. The van der Waals surface area contributed by atoms with E-state index < -0.39 is 17.8 Å². The monoisotopic (exact) mass is 452 g/mol. The van der Waals surface area contributed by atoms with Crippen molar-refractivity contribution in [2.75, 3.05) is 0 Å². The van der Waals surface area contributed by atoms with Crippen LogP contribution in [-0.4, -0.2) is 17.7 Å². The van der Waals surface area contributed by atoms with Gasteiger partial charge in [0, 0.05) is 23.1 Å². The minimum absolute atomic E-state index is 0.0310. The molecular weight excluding hydrogens is 427 g/mol. The summed E-state index contributed by atoms with van der Waals surface area (Å²) in [5, 5.41) is 0. The van der Waals surface area contributed by atoms with Crippen LogP contribution in [0.25, 0.3) is 0 Å². The maximum Gasteiger partial charge on any atom is 0.338 e. The highest BCUT2D eigenvalue weighted by molar-refractivity contribution is 5.97. The highest BCUT2D eigenvalue weighted by atomic mass is 19.1. The first-order valence-electron chi connectivity index (χ1n) is 10.00. The summed E-state index contributed by atoms with van der Waals surface area (Å²) < 4.78 is 30.1. The van der Waals surface area contributed by atoms with Gasteiger partial charge in [0.2, 0.25) is 0 Å². The summed E-state index contributed by atoms with van der Waals surface area (Å²) in [5.74, 6) is -1.61. The molecule has 33 heavy (non-hydrogen) atoms. The molecule has 0 fully saturated rings. The average molecular weight is 452 g/mol. The molecule has 0 saturated heterocycles. The number of carbonyl (C=O) groups excluding carboxylic acids is 3. The molecule has 0 N–H and O–H groups in total. The lowest BCUT2D eigenvalue weighted by atomic mass is 10.0. The second-order valence-electron chi connectivity index (χ2n) is 7.44. The normalized spacial score (nSPS) is 11.2. The SMILES string of the molecule is C=C(C)C(=O)O/C(C)=C(\C)Oc1ccc(C(=O)Cc2ccc(OC(=O)C(=C)C)cc2)cc1F. The van der Waals surface area contributed by atoms with Crippen molar-refractivity contribution in [2.45, 2.75) is 34.1 Å². The van der Waals surface area contributed by atoms with Crippen LogP contribution >= 0.6 is 0 Å². The number of ether oxygens (including phenoxy) is 3. The number of Topliss-reactive ketones (excluding diaryl/α,β-unsaturated/α-hetero) is 1. The van der Waals surface area contributed by atoms with Gasteiger partial charge >= 0.3 is 11.9 Å². The molecule has 0 aliphatic carbocycles. The maximum atomic E-state index is 14.5. The fraction of sp³-hybridized carbons (Fsp3) is 0.192. The van der Waals surface area contributed by atoms with Crippen molar-refractivity contribution in [1.82, 2.24) is 0 Å². The summed E-state index contributed by atoms with van der Waals surface area (Å²) in [6.45, 7) is 13.1. The molecule has 6 nitrogen and oxygen atoms in total. The number of esters is 2. The van der Waals surface area contributed by atoms with E-state index in [-0.39, 0.29) is 46.2 Å². The first-order chi connectivity index (χ1) is 15.5. The number of benzene rings is 2. The molecule has 0 saturated carbocycles. The Kier molecular flexibility index (Phi) is 8.45. The molecule has 0 radical (unpaired) electrons. The van der Waals surface area contributed by atoms with Crippen LogP contribution in [0, 0.1) is 5.82 Å². The Bertz CT molecular complexity index is 1140. The van der Waals surface area contributed by atoms with Crippen LogP contribution < -0.4 is 9.47 Å². The van der Waals surface area contributed by atoms with Crippen molar-refractivity contribution in [2.24, 2.45) is 0 Å². The maximum absolute atomic E-state index is 14.5. The molecule has 0 bridgehead atoms. The van der Waals surface area contributed by atoms with E-state index in [1.54, 1.807) is 31.2 Å². The zero-order valence-corrected chi connectivity index (χ0v) is 19.0. The van der Waals surface area contributed by atoms with Crippen molar-refractivity contribution < 1.29 is 33.0 Å². The molecular formula is C26H25FO6. The molecule has 172 valence electrons. The number of carbonyl (C=O) groups is 3. The van der Waals surface area contributed by atoms with Crippen LogP contribution in [-0.2, 0) is 20.7 Å². The van der Waals surface area contributed by atoms with Gasteiger partial charge in [0.1, 0.15) is 17.3 Å². The zero-order valence-electron chi connectivity index (χ0n) is 19.0. The summed E-state index contributed by atoms with van der Waals surface area (Å²) in [4.78, 5) is 35.7. The molecule has 0 amide bonds. The second kappa shape index (κ2) is 11.0. The molecule has 0 spiro atoms. The predicted octanol–water partition coefficient (Wildman–Crippen LogP) is 5.48. The van der Waals surface area contributed by atoms with Gasteiger partial charge in [0.25, 0.3) is 0 Å². The van der Waals surface area contributed by atoms with Gasteiger partial charge in [-0.15, -0.1) is 0 Å². The van der Waals surface area contributed by atoms with E-state index in [2.05, 4.69) is 13.2 Å². The summed E-state index contributed by atoms with van der Waals surface area (Å²) in [5.41, 5.74) is 1.34. The fourth-order valence-electron chi connectivity index (χ4n) is 2.45. The Morgan fingerprint density at radius 2 is 1.42 bits per heavy atom. The molecule has 2 aromatic rings. The van der Waals surface area contributed by atoms with Crippen LogP contribution in [0.15, 0.2) is 78.3 Å². The molecule has 0 aliphatic rings. The van der Waals surface area contributed by atoms with Gasteiger partial charge in [-0.1, -0.05) is 25.3 Å². The fourth-order valence-corrected chi connectivity index (χ4v) is 2.45. The Labute approximate surface area is 192 Å². The van der Waals surface area contributed by atoms with Crippen molar-refractivity contribution in [3.63, 3.8) is 0 Å². The van der Waals surface area contributed by atoms with Gasteiger partial charge in [0.15, 0.2) is 17.3 Å². The van der Waals surface area contributed by atoms with E-state index in [9.17, 15) is 18.8 Å². The molecule has 0 unspecified atom stereocenters. The Balaban J connectivity index is 2.06. The zero-order chi connectivity index (χ0) is 24.7. The van der Waals surface area contributed by atoms with E-state index in [1.165, 1.54) is 32.9 Å². The van der Waals surface area contributed by atoms with Crippen LogP contribution in [0.1, 0.15) is 43.6 Å². The van der Waals surface area contributed by atoms with Gasteiger partial charge < -0.3 is 14.2 Å². The summed E-state index contributed by atoms with van der Waals surface area (Å²) in [7, 11) is 0. The van der Waals surface area contributed by atoms with E-state index in [0.29, 0.717) is 11.3 Å². The lowest BCUT2D eigenvalue weighted by Gasteiger charge is -2.12. The number of halogens is 1. The third-order valence-corrected chi connectivity index (χ3v) is 4.45. The molecule has 7 heteroatoms. The van der Waals surface area contributed by atoms with Gasteiger partial charge in [-0.3, -0.25) is 4.79 Å². The minimum Gasteiger partial charge on any atom is -0.455 e. The number of rotatable bonds is 9. The van der Waals surface area contributed by atoms with Crippen molar-refractivity contribution in [1.29, 1.82) is 0 Å². The minimum atomic E-state index is -0.735. The first kappa shape index (κ1) is 25.3. The van der Waals surface area contributed by atoms with Gasteiger partial charge in [-0.05, 0) is 63.6 Å². The standard InChI is InChI=1S/C26H25FO6/c1-15(2)25(29)32-18(6)17(5)31-24-12-9-20(14-22(24)27)23(28)13-19-7-10-21(11-8-19)33-26(30)16(3)4/h7-12,14H,1,3,13H2,2,4-6H3/b18-17+. The van der Waals surface area contributed by atoms with E-state index in [1.807, 2.05) is 0 Å². The van der Waals surface area contributed by atoms with Gasteiger partial charge in [-0.2, -0.15) is 0 Å². The number of allylic oxidation sites excluding steroid dienone is 2. The number of ketones is 1. The van der Waals surface area contributed by atoms with Crippen LogP contribution in [0.3, 0.4) is 0 Å². The predicted molar refractivity (Wildman–Crippen MR) is 121 cm³/mol. The summed E-state index contributed by atoms with van der Waals surface area (Å²) >= 11 is 0. The Morgan fingerprint density at radius 3 is 1.97 bits per heavy atom. The number of hydrogen-bond acceptors (Lipinski definition) is 6. The third-order valence-electron chi connectivity index (χ3n) is 4.45. The summed E-state index contributed by atoms with van der Waals surface area (Å²) in [6.07, 6.45) is 0.0310.